The Hall–Kier alpha value is -3.09. The molecule has 2 aromatic carbocycles. The maximum Gasteiger partial charge on any atom is 0.253 e. The van der Waals surface area contributed by atoms with Crippen molar-refractivity contribution in [2.45, 2.75) is 33.0 Å². The largest absolute Gasteiger partial charge is 0.467 e. The van der Waals surface area contributed by atoms with Gasteiger partial charge in [-0.3, -0.25) is 4.79 Å². The summed E-state index contributed by atoms with van der Waals surface area (Å²) in [6.07, 6.45) is 1.63. The molecule has 0 saturated heterocycles. The fourth-order valence-corrected chi connectivity index (χ4v) is 4.07. The number of pyridine rings is 1. The maximum absolute atomic E-state index is 12.8. The monoisotopic (exact) mass is 465 g/mol. The van der Waals surface area contributed by atoms with Crippen LogP contribution in [0.1, 0.15) is 35.4 Å². The standard InChI is InChI=1S/C25H24ClN3O2S/c1-16-11-19-12-20(24(30)28-23(19)13-22(16)26)14-29(15-21-9-6-10-31-21)25(32)27-17(2)18-7-4-3-5-8-18/h3-13,17H,14-15H2,1-2H3,(H,27,32)(H,28,30)/t17-/m0/s1. The highest BCUT2D eigenvalue weighted by molar-refractivity contribution is 7.80. The Morgan fingerprint density at radius 2 is 1.94 bits per heavy atom. The summed E-state index contributed by atoms with van der Waals surface area (Å²) in [6, 6.07) is 19.5. The number of aryl methyl sites for hydroxylation is 1. The first kappa shape index (κ1) is 22.1. The zero-order chi connectivity index (χ0) is 22.7. The molecule has 0 radical (unpaired) electrons. The van der Waals surface area contributed by atoms with E-state index >= 15 is 0 Å². The molecule has 0 aliphatic carbocycles. The predicted molar refractivity (Wildman–Crippen MR) is 133 cm³/mol. The molecular weight excluding hydrogens is 442 g/mol. The van der Waals surface area contributed by atoms with E-state index in [0.29, 0.717) is 34.3 Å². The van der Waals surface area contributed by atoms with Gasteiger partial charge >= 0.3 is 0 Å². The molecule has 0 fully saturated rings. The molecule has 32 heavy (non-hydrogen) atoms. The number of thiocarbonyl (C=S) groups is 1. The number of H-pyrrole nitrogens is 1. The van der Waals surface area contributed by atoms with Crippen molar-refractivity contribution in [1.29, 1.82) is 0 Å². The lowest BCUT2D eigenvalue weighted by Gasteiger charge is -2.27. The highest BCUT2D eigenvalue weighted by atomic mass is 35.5. The summed E-state index contributed by atoms with van der Waals surface area (Å²) in [6.45, 7) is 4.78. The van der Waals surface area contributed by atoms with Crippen LogP contribution in [0.15, 0.2) is 76.1 Å². The molecule has 0 amide bonds. The molecule has 2 aromatic heterocycles. The van der Waals surface area contributed by atoms with Gasteiger partial charge in [0.1, 0.15) is 5.76 Å². The average molecular weight is 466 g/mol. The van der Waals surface area contributed by atoms with Crippen LogP contribution in [0.3, 0.4) is 0 Å². The minimum atomic E-state index is -0.166. The van der Waals surface area contributed by atoms with E-state index in [1.807, 2.05) is 54.3 Å². The number of aromatic amines is 1. The topological polar surface area (TPSA) is 61.3 Å². The number of nitrogens with zero attached hydrogens (tertiary/aromatic N) is 1. The molecule has 0 spiro atoms. The molecule has 164 valence electrons. The molecule has 4 aromatic rings. The maximum atomic E-state index is 12.8. The van der Waals surface area contributed by atoms with Gasteiger partial charge in [-0.05, 0) is 72.9 Å². The van der Waals surface area contributed by atoms with E-state index in [2.05, 4.69) is 29.4 Å². The van der Waals surface area contributed by atoms with Gasteiger partial charge in [-0.15, -0.1) is 0 Å². The van der Waals surface area contributed by atoms with Gasteiger partial charge in [0, 0.05) is 16.1 Å². The van der Waals surface area contributed by atoms with Crippen molar-refractivity contribution in [1.82, 2.24) is 15.2 Å². The van der Waals surface area contributed by atoms with Gasteiger partial charge in [0.05, 0.1) is 25.4 Å². The minimum Gasteiger partial charge on any atom is -0.467 e. The third-order valence-corrected chi connectivity index (χ3v) is 6.20. The molecule has 1 atom stereocenters. The number of aromatic nitrogens is 1. The average Bonchev–Trinajstić information content (AvgIpc) is 3.29. The van der Waals surface area contributed by atoms with Crippen LogP contribution >= 0.6 is 23.8 Å². The van der Waals surface area contributed by atoms with E-state index < -0.39 is 0 Å². The van der Waals surface area contributed by atoms with Gasteiger partial charge < -0.3 is 19.6 Å². The zero-order valence-electron chi connectivity index (χ0n) is 17.9. The molecule has 2 heterocycles. The Morgan fingerprint density at radius 3 is 2.66 bits per heavy atom. The van der Waals surface area contributed by atoms with Gasteiger partial charge in [0.2, 0.25) is 0 Å². The number of furan rings is 1. The van der Waals surface area contributed by atoms with E-state index in [0.717, 1.165) is 22.3 Å². The van der Waals surface area contributed by atoms with Crippen molar-refractivity contribution >= 4 is 39.8 Å². The van der Waals surface area contributed by atoms with E-state index in [-0.39, 0.29) is 11.6 Å². The summed E-state index contributed by atoms with van der Waals surface area (Å²) in [7, 11) is 0. The van der Waals surface area contributed by atoms with Crippen molar-refractivity contribution in [3.05, 3.63) is 105 Å². The van der Waals surface area contributed by atoms with Crippen molar-refractivity contribution in [3.63, 3.8) is 0 Å². The molecular formula is C25H24ClN3O2S. The molecule has 4 rings (SSSR count). The van der Waals surface area contributed by atoms with E-state index in [4.69, 9.17) is 28.2 Å². The number of rotatable bonds is 6. The number of hydrogen-bond acceptors (Lipinski definition) is 3. The molecule has 0 unspecified atom stereocenters. The summed E-state index contributed by atoms with van der Waals surface area (Å²) < 4.78 is 5.54. The molecule has 2 N–H and O–H groups in total. The lowest BCUT2D eigenvalue weighted by atomic mass is 10.1. The highest BCUT2D eigenvalue weighted by Crippen LogP contribution is 2.22. The van der Waals surface area contributed by atoms with Crippen LogP contribution in [-0.2, 0) is 13.1 Å². The second-order valence-electron chi connectivity index (χ2n) is 7.83. The van der Waals surface area contributed by atoms with Crippen molar-refractivity contribution < 1.29 is 4.42 Å². The van der Waals surface area contributed by atoms with E-state index in [9.17, 15) is 4.79 Å². The third-order valence-electron chi connectivity index (χ3n) is 5.42. The van der Waals surface area contributed by atoms with Crippen LogP contribution < -0.4 is 10.9 Å². The van der Waals surface area contributed by atoms with Crippen LogP contribution in [0.5, 0.6) is 0 Å². The fourth-order valence-electron chi connectivity index (χ4n) is 3.60. The van der Waals surface area contributed by atoms with Crippen molar-refractivity contribution in [3.8, 4) is 0 Å². The molecule has 5 nitrogen and oxygen atoms in total. The quantitative estimate of drug-likeness (QED) is 0.356. The van der Waals surface area contributed by atoms with Gasteiger partial charge in [0.25, 0.3) is 5.56 Å². The van der Waals surface area contributed by atoms with Crippen LogP contribution in [0.2, 0.25) is 5.02 Å². The van der Waals surface area contributed by atoms with Crippen LogP contribution in [-0.4, -0.2) is 15.0 Å². The second-order valence-corrected chi connectivity index (χ2v) is 8.62. The van der Waals surface area contributed by atoms with Crippen LogP contribution in [0, 0.1) is 6.92 Å². The molecule has 0 bridgehead atoms. The lowest BCUT2D eigenvalue weighted by molar-refractivity contribution is 0.347. The number of hydrogen-bond donors (Lipinski definition) is 2. The lowest BCUT2D eigenvalue weighted by Crippen LogP contribution is -2.41. The first-order valence-corrected chi connectivity index (χ1v) is 11.1. The summed E-state index contributed by atoms with van der Waals surface area (Å²) in [5, 5.41) is 5.49. The number of halogens is 1. The summed E-state index contributed by atoms with van der Waals surface area (Å²) in [4.78, 5) is 17.7. The van der Waals surface area contributed by atoms with Gasteiger partial charge in [-0.25, -0.2) is 0 Å². The SMILES string of the molecule is Cc1cc2cc(CN(Cc3ccco3)C(=S)N[C@@H](C)c3ccccc3)c(=O)[nH]c2cc1Cl. The molecule has 0 saturated carbocycles. The summed E-state index contributed by atoms with van der Waals surface area (Å²) >= 11 is 12.0. The normalized spacial score (nSPS) is 12.0. The summed E-state index contributed by atoms with van der Waals surface area (Å²) in [5.74, 6) is 0.765. The van der Waals surface area contributed by atoms with Gasteiger partial charge in [0.15, 0.2) is 5.11 Å². The zero-order valence-corrected chi connectivity index (χ0v) is 19.5. The molecule has 0 aliphatic rings. The Kier molecular flexibility index (Phi) is 6.63. The van der Waals surface area contributed by atoms with Gasteiger partial charge in [-0.2, -0.15) is 0 Å². The number of fused-ring (bicyclic) bond motifs is 1. The number of benzene rings is 2. The summed E-state index contributed by atoms with van der Waals surface area (Å²) in [5.41, 5.74) is 3.25. The van der Waals surface area contributed by atoms with E-state index in [1.165, 1.54) is 0 Å². The Bertz CT molecular complexity index is 1290. The smallest absolute Gasteiger partial charge is 0.253 e. The Labute approximate surface area is 197 Å². The highest BCUT2D eigenvalue weighted by Gasteiger charge is 2.17. The Balaban J connectivity index is 1.62. The number of nitrogens with one attached hydrogen (secondary N) is 2. The van der Waals surface area contributed by atoms with Crippen molar-refractivity contribution in [2.24, 2.45) is 0 Å². The van der Waals surface area contributed by atoms with Crippen molar-refractivity contribution in [2.75, 3.05) is 0 Å². The van der Waals surface area contributed by atoms with Crippen LogP contribution in [0.4, 0.5) is 0 Å². The first-order chi connectivity index (χ1) is 15.4. The Morgan fingerprint density at radius 1 is 1.16 bits per heavy atom. The van der Waals surface area contributed by atoms with Crippen LogP contribution in [0.25, 0.3) is 10.9 Å². The van der Waals surface area contributed by atoms with Gasteiger partial charge in [-0.1, -0.05) is 41.9 Å². The fraction of sp³-hybridized carbons (Fsp3) is 0.200. The minimum absolute atomic E-state index is 0.0162. The first-order valence-electron chi connectivity index (χ1n) is 10.4. The molecule has 0 aliphatic heterocycles. The predicted octanol–water partition coefficient (Wildman–Crippen LogP) is 5.72. The van der Waals surface area contributed by atoms with E-state index in [1.54, 1.807) is 12.3 Å². The molecule has 7 heteroatoms. The third kappa shape index (κ3) is 5.03. The second kappa shape index (κ2) is 9.59.